The second-order valence-corrected chi connectivity index (χ2v) is 5.25. The maximum absolute atomic E-state index is 3.98. The van der Waals surface area contributed by atoms with Crippen molar-refractivity contribution in [2.75, 3.05) is 11.9 Å². The van der Waals surface area contributed by atoms with Crippen molar-refractivity contribution in [3.8, 4) is 0 Å². The summed E-state index contributed by atoms with van der Waals surface area (Å²) in [5.74, 6) is 1.47. The highest BCUT2D eigenvalue weighted by molar-refractivity contribution is 7.13. The Bertz CT molecular complexity index is 332. The average Bonchev–Trinajstić information content (AvgIpc) is 2.65. The first-order valence-corrected chi connectivity index (χ1v) is 6.29. The molecule has 0 bridgehead atoms. The Labute approximate surface area is 94.6 Å². The summed E-state index contributed by atoms with van der Waals surface area (Å²) in [5.41, 5.74) is 3.29. The van der Waals surface area contributed by atoms with Gasteiger partial charge in [0.05, 0.1) is 0 Å². The minimum atomic E-state index is 0.722. The molecule has 0 saturated heterocycles. The third-order valence-electron chi connectivity index (χ3n) is 2.79. The van der Waals surface area contributed by atoms with E-state index in [1.54, 1.807) is 16.8 Å². The minimum absolute atomic E-state index is 0.722. The van der Waals surface area contributed by atoms with Gasteiger partial charge in [0.15, 0.2) is 0 Å². The molecule has 0 amide bonds. The van der Waals surface area contributed by atoms with E-state index < -0.39 is 0 Å². The molecule has 82 valence electrons. The third kappa shape index (κ3) is 3.02. The van der Waals surface area contributed by atoms with Gasteiger partial charge in [0.25, 0.3) is 0 Å². The highest BCUT2D eigenvalue weighted by atomic mass is 32.1. The zero-order valence-corrected chi connectivity index (χ0v) is 10.0. The van der Waals surface area contributed by atoms with Crippen LogP contribution >= 0.6 is 11.3 Å². The van der Waals surface area contributed by atoms with E-state index >= 15 is 0 Å². The predicted octanol–water partition coefficient (Wildman–Crippen LogP) is 2.94. The topological polar surface area (TPSA) is 37.8 Å². The lowest BCUT2D eigenvalue weighted by Gasteiger charge is -2.25. The van der Waals surface area contributed by atoms with Gasteiger partial charge in [-0.25, -0.2) is 0 Å². The van der Waals surface area contributed by atoms with E-state index in [9.17, 15) is 0 Å². The van der Waals surface area contributed by atoms with Gasteiger partial charge in [-0.1, -0.05) is 29.9 Å². The van der Waals surface area contributed by atoms with E-state index in [1.165, 1.54) is 18.4 Å². The molecule has 3 nitrogen and oxygen atoms in total. The second-order valence-electron chi connectivity index (χ2n) is 4.42. The quantitative estimate of drug-likeness (QED) is 0.801. The third-order valence-corrected chi connectivity index (χ3v) is 3.44. The van der Waals surface area contributed by atoms with Crippen molar-refractivity contribution in [3.63, 3.8) is 0 Å². The molecule has 1 N–H and O–H groups in total. The lowest BCUT2D eigenvalue weighted by Crippen LogP contribution is -2.20. The van der Waals surface area contributed by atoms with Crippen LogP contribution in [-0.4, -0.2) is 16.7 Å². The minimum Gasteiger partial charge on any atom is -0.360 e. The van der Waals surface area contributed by atoms with Crippen molar-refractivity contribution < 1.29 is 0 Å². The van der Waals surface area contributed by atoms with Crippen molar-refractivity contribution >= 4 is 16.5 Å². The summed E-state index contributed by atoms with van der Waals surface area (Å²) >= 11 is 1.57. The molecule has 0 fully saturated rings. The molecule has 1 aliphatic carbocycles. The van der Waals surface area contributed by atoms with Gasteiger partial charge in [0.1, 0.15) is 5.51 Å². The molecule has 4 heteroatoms. The fourth-order valence-electron chi connectivity index (χ4n) is 2.32. The second kappa shape index (κ2) is 4.75. The predicted molar refractivity (Wildman–Crippen MR) is 64.0 cm³/mol. The van der Waals surface area contributed by atoms with E-state index in [-0.39, 0.29) is 0 Å². The molecule has 0 radical (unpaired) electrons. The van der Waals surface area contributed by atoms with Crippen molar-refractivity contribution in [3.05, 3.63) is 17.2 Å². The van der Waals surface area contributed by atoms with Crippen molar-refractivity contribution in [2.24, 2.45) is 11.8 Å². The van der Waals surface area contributed by atoms with E-state index in [0.717, 1.165) is 23.5 Å². The number of aromatic nitrogens is 2. The Morgan fingerprint density at radius 1 is 1.60 bits per heavy atom. The van der Waals surface area contributed by atoms with Gasteiger partial charge >= 0.3 is 0 Å². The van der Waals surface area contributed by atoms with Crippen LogP contribution in [0.3, 0.4) is 0 Å². The Kier molecular flexibility index (Phi) is 3.36. The number of anilines is 1. The lowest BCUT2D eigenvalue weighted by atomic mass is 9.84. The molecule has 2 rings (SSSR count). The van der Waals surface area contributed by atoms with Crippen LogP contribution < -0.4 is 5.32 Å². The van der Waals surface area contributed by atoms with Gasteiger partial charge in [0.2, 0.25) is 5.13 Å². The van der Waals surface area contributed by atoms with E-state index in [4.69, 9.17) is 0 Å². The Hall–Kier alpha value is -0.900. The Balaban J connectivity index is 1.83. The molecule has 1 aliphatic rings. The highest BCUT2D eigenvalue weighted by Gasteiger charge is 2.17. The van der Waals surface area contributed by atoms with Crippen LogP contribution in [0, 0.1) is 11.8 Å². The van der Waals surface area contributed by atoms with E-state index in [1.807, 2.05) is 0 Å². The van der Waals surface area contributed by atoms with Crippen molar-refractivity contribution in [1.29, 1.82) is 0 Å². The fraction of sp³-hybridized carbons (Fsp3) is 0.636. The number of hydrogen-bond acceptors (Lipinski definition) is 4. The smallest absolute Gasteiger partial charge is 0.205 e. The van der Waals surface area contributed by atoms with Gasteiger partial charge in [-0.3, -0.25) is 0 Å². The average molecular weight is 223 g/mol. The molecule has 1 aromatic heterocycles. The standard InChI is InChI=1S/C11H17N3S/c1-8-3-9(2)5-10(4-8)6-12-11-14-13-7-15-11/h3,7-8,10H,4-6H2,1-2H3,(H,12,14). The van der Waals surface area contributed by atoms with Crippen LogP contribution in [0.25, 0.3) is 0 Å². The van der Waals surface area contributed by atoms with Crippen molar-refractivity contribution in [1.82, 2.24) is 10.2 Å². The molecule has 0 saturated carbocycles. The van der Waals surface area contributed by atoms with Crippen LogP contribution in [-0.2, 0) is 0 Å². The molecular weight excluding hydrogens is 206 g/mol. The first-order valence-electron chi connectivity index (χ1n) is 5.41. The van der Waals surface area contributed by atoms with Gasteiger partial charge in [-0.2, -0.15) is 0 Å². The number of nitrogens with one attached hydrogen (secondary N) is 1. The molecule has 2 atom stereocenters. The van der Waals surface area contributed by atoms with E-state index in [0.29, 0.717) is 0 Å². The molecule has 1 aromatic rings. The first kappa shape index (κ1) is 10.6. The van der Waals surface area contributed by atoms with Gasteiger partial charge in [-0.15, -0.1) is 10.2 Å². The van der Waals surface area contributed by atoms with Crippen molar-refractivity contribution in [2.45, 2.75) is 26.7 Å². The van der Waals surface area contributed by atoms with Gasteiger partial charge < -0.3 is 5.32 Å². The van der Waals surface area contributed by atoms with Crippen LogP contribution in [0.2, 0.25) is 0 Å². The number of allylic oxidation sites excluding steroid dienone is 2. The number of rotatable bonds is 3. The van der Waals surface area contributed by atoms with Crippen LogP contribution in [0.1, 0.15) is 26.7 Å². The fourth-order valence-corrected chi connectivity index (χ4v) is 2.78. The number of hydrogen-bond donors (Lipinski definition) is 1. The monoisotopic (exact) mass is 223 g/mol. The largest absolute Gasteiger partial charge is 0.360 e. The summed E-state index contributed by atoms with van der Waals surface area (Å²) in [6.45, 7) is 5.54. The molecule has 0 spiro atoms. The van der Waals surface area contributed by atoms with E-state index in [2.05, 4.69) is 35.4 Å². The normalized spacial score (nSPS) is 26.1. The summed E-state index contributed by atoms with van der Waals surface area (Å²) in [7, 11) is 0. The molecule has 1 heterocycles. The summed E-state index contributed by atoms with van der Waals surface area (Å²) in [6.07, 6.45) is 4.89. The molecule has 0 aromatic carbocycles. The summed E-state index contributed by atoms with van der Waals surface area (Å²) in [4.78, 5) is 0. The maximum Gasteiger partial charge on any atom is 0.205 e. The van der Waals surface area contributed by atoms with Gasteiger partial charge in [-0.05, 0) is 31.6 Å². The Morgan fingerprint density at radius 2 is 2.47 bits per heavy atom. The SMILES string of the molecule is CC1=CC(C)CC(CNc2nncs2)C1. The zero-order chi connectivity index (χ0) is 10.7. The summed E-state index contributed by atoms with van der Waals surface area (Å²) in [6, 6.07) is 0. The van der Waals surface area contributed by atoms with Crippen LogP contribution in [0.5, 0.6) is 0 Å². The van der Waals surface area contributed by atoms with Crippen LogP contribution in [0.4, 0.5) is 5.13 Å². The molecule has 2 unspecified atom stereocenters. The molecule has 15 heavy (non-hydrogen) atoms. The summed E-state index contributed by atoms with van der Waals surface area (Å²) in [5, 5.41) is 12.1. The number of nitrogens with zero attached hydrogens (tertiary/aromatic N) is 2. The molecular formula is C11H17N3S. The highest BCUT2D eigenvalue weighted by Crippen LogP contribution is 2.28. The molecule has 0 aliphatic heterocycles. The zero-order valence-electron chi connectivity index (χ0n) is 9.23. The van der Waals surface area contributed by atoms with Crippen LogP contribution in [0.15, 0.2) is 17.2 Å². The summed E-state index contributed by atoms with van der Waals surface area (Å²) < 4.78 is 0. The first-order chi connectivity index (χ1) is 7.24. The lowest BCUT2D eigenvalue weighted by molar-refractivity contribution is 0.421. The Morgan fingerprint density at radius 3 is 3.13 bits per heavy atom. The maximum atomic E-state index is 3.98. The van der Waals surface area contributed by atoms with Gasteiger partial charge in [0, 0.05) is 6.54 Å².